The number of hydrogen-bond donors (Lipinski definition) is 1. The maximum atomic E-state index is 5.47. The lowest BCUT2D eigenvalue weighted by Gasteiger charge is -2.36. The number of H-pyrrole nitrogens is 1. The zero-order chi connectivity index (χ0) is 17.5. The summed E-state index contributed by atoms with van der Waals surface area (Å²) < 4.78 is 5.47. The van der Waals surface area contributed by atoms with Gasteiger partial charge in [-0.1, -0.05) is 12.1 Å². The fourth-order valence-corrected chi connectivity index (χ4v) is 3.84. The lowest BCUT2D eigenvalue weighted by Crippen LogP contribution is -2.46. The highest BCUT2D eigenvalue weighted by Crippen LogP contribution is 2.40. The number of aromatic nitrogens is 3. The summed E-state index contributed by atoms with van der Waals surface area (Å²) in [6.07, 6.45) is 4.48. The number of benzene rings is 1. The first kappa shape index (κ1) is 15.5. The van der Waals surface area contributed by atoms with E-state index in [1.165, 1.54) is 24.2 Å². The maximum absolute atomic E-state index is 5.47. The van der Waals surface area contributed by atoms with Gasteiger partial charge >= 0.3 is 0 Å². The van der Waals surface area contributed by atoms with Gasteiger partial charge in [0.2, 0.25) is 0 Å². The van der Waals surface area contributed by atoms with Crippen molar-refractivity contribution < 1.29 is 4.74 Å². The van der Waals surface area contributed by atoms with Crippen LogP contribution in [-0.2, 0) is 0 Å². The van der Waals surface area contributed by atoms with Gasteiger partial charge in [-0.25, -0.2) is 0 Å². The number of pyridine rings is 1. The van der Waals surface area contributed by atoms with Gasteiger partial charge in [-0.15, -0.1) is 0 Å². The SMILES string of the molecule is COc1cccc2c(N3CCN(c4cc(C5CC5)[nH]n4)CC3)ccnc12. The van der Waals surface area contributed by atoms with Gasteiger partial charge in [-0.05, 0) is 25.0 Å². The van der Waals surface area contributed by atoms with Gasteiger partial charge < -0.3 is 14.5 Å². The highest BCUT2D eigenvalue weighted by molar-refractivity contribution is 5.95. The van der Waals surface area contributed by atoms with E-state index in [1.54, 1.807) is 7.11 Å². The molecule has 3 aromatic rings. The van der Waals surface area contributed by atoms with Crippen molar-refractivity contribution >= 4 is 22.4 Å². The first-order chi connectivity index (χ1) is 12.8. The lowest BCUT2D eigenvalue weighted by atomic mass is 10.1. The van der Waals surface area contributed by atoms with Crippen molar-refractivity contribution in [3.63, 3.8) is 0 Å². The smallest absolute Gasteiger partial charge is 0.150 e. The average Bonchev–Trinajstić information content (AvgIpc) is 3.44. The monoisotopic (exact) mass is 349 g/mol. The third-order valence-electron chi connectivity index (χ3n) is 5.48. The van der Waals surface area contributed by atoms with Crippen LogP contribution < -0.4 is 14.5 Å². The van der Waals surface area contributed by atoms with E-state index in [0.717, 1.165) is 54.6 Å². The number of fused-ring (bicyclic) bond motifs is 1. The van der Waals surface area contributed by atoms with Gasteiger partial charge in [0.25, 0.3) is 0 Å². The van der Waals surface area contributed by atoms with E-state index in [9.17, 15) is 0 Å². The van der Waals surface area contributed by atoms with Crippen molar-refractivity contribution in [3.8, 4) is 5.75 Å². The van der Waals surface area contributed by atoms with Gasteiger partial charge in [-0.2, -0.15) is 5.10 Å². The molecule has 0 radical (unpaired) electrons. The summed E-state index contributed by atoms with van der Waals surface area (Å²) in [5, 5.41) is 8.89. The van der Waals surface area contributed by atoms with E-state index in [4.69, 9.17) is 4.74 Å². The number of nitrogens with one attached hydrogen (secondary N) is 1. The largest absolute Gasteiger partial charge is 0.494 e. The zero-order valence-electron chi connectivity index (χ0n) is 15.0. The van der Waals surface area contributed by atoms with Crippen LogP contribution in [0.4, 0.5) is 11.5 Å². The van der Waals surface area contributed by atoms with Crippen LogP contribution in [0.3, 0.4) is 0 Å². The Morgan fingerprint density at radius 1 is 1.08 bits per heavy atom. The molecule has 0 atom stereocenters. The second kappa shape index (κ2) is 6.20. The minimum atomic E-state index is 0.718. The van der Waals surface area contributed by atoms with Crippen LogP contribution in [0, 0.1) is 0 Å². The summed E-state index contributed by atoms with van der Waals surface area (Å²) in [7, 11) is 1.70. The number of ether oxygens (including phenoxy) is 1. The van der Waals surface area contributed by atoms with Gasteiger partial charge in [-0.3, -0.25) is 10.1 Å². The van der Waals surface area contributed by atoms with Crippen molar-refractivity contribution in [2.24, 2.45) is 0 Å². The average molecular weight is 349 g/mol. The third-order valence-corrected chi connectivity index (χ3v) is 5.48. The number of para-hydroxylation sites is 1. The van der Waals surface area contributed by atoms with Crippen molar-refractivity contribution in [1.82, 2.24) is 15.2 Å². The Kier molecular flexibility index (Phi) is 3.69. The second-order valence-corrected chi connectivity index (χ2v) is 7.12. The molecule has 134 valence electrons. The van der Waals surface area contributed by atoms with Crippen LogP contribution in [0.25, 0.3) is 10.9 Å². The van der Waals surface area contributed by atoms with Gasteiger partial charge in [0.15, 0.2) is 5.82 Å². The Morgan fingerprint density at radius 2 is 1.88 bits per heavy atom. The van der Waals surface area contributed by atoms with E-state index in [0.29, 0.717) is 0 Å². The molecule has 2 aromatic heterocycles. The number of nitrogens with zero attached hydrogens (tertiary/aromatic N) is 4. The molecule has 1 N–H and O–H groups in total. The molecular formula is C20H23N5O. The molecule has 6 heteroatoms. The fraction of sp³-hybridized carbons (Fsp3) is 0.400. The number of anilines is 2. The summed E-state index contributed by atoms with van der Waals surface area (Å²) >= 11 is 0. The van der Waals surface area contributed by atoms with Crippen molar-refractivity contribution in [3.05, 3.63) is 42.2 Å². The molecular weight excluding hydrogens is 326 g/mol. The third kappa shape index (κ3) is 2.66. The molecule has 2 aliphatic rings. The predicted octanol–water partition coefficient (Wildman–Crippen LogP) is 3.17. The molecule has 1 aromatic carbocycles. The van der Waals surface area contributed by atoms with Gasteiger partial charge in [0.05, 0.1) is 7.11 Å². The Labute approximate surface area is 152 Å². The predicted molar refractivity (Wildman–Crippen MR) is 103 cm³/mol. The highest BCUT2D eigenvalue weighted by atomic mass is 16.5. The van der Waals surface area contributed by atoms with Crippen molar-refractivity contribution in [1.29, 1.82) is 0 Å². The van der Waals surface area contributed by atoms with E-state index < -0.39 is 0 Å². The summed E-state index contributed by atoms with van der Waals surface area (Å²) in [5.41, 5.74) is 3.46. The van der Waals surface area contributed by atoms with E-state index >= 15 is 0 Å². The summed E-state index contributed by atoms with van der Waals surface area (Å²) in [6, 6.07) is 10.5. The van der Waals surface area contributed by atoms with Crippen LogP contribution in [0.2, 0.25) is 0 Å². The molecule has 0 bridgehead atoms. The first-order valence-electron chi connectivity index (χ1n) is 9.30. The summed E-state index contributed by atoms with van der Waals surface area (Å²) in [6.45, 7) is 3.90. The topological polar surface area (TPSA) is 57.3 Å². The van der Waals surface area contributed by atoms with Crippen molar-refractivity contribution in [2.45, 2.75) is 18.8 Å². The van der Waals surface area contributed by atoms with Crippen LogP contribution in [0.5, 0.6) is 5.75 Å². The van der Waals surface area contributed by atoms with Crippen LogP contribution >= 0.6 is 0 Å². The van der Waals surface area contributed by atoms with E-state index in [-0.39, 0.29) is 0 Å². The van der Waals surface area contributed by atoms with Crippen molar-refractivity contribution in [2.75, 3.05) is 43.1 Å². The molecule has 1 aliphatic carbocycles. The number of aromatic amines is 1. The Hall–Kier alpha value is -2.76. The van der Waals surface area contributed by atoms with Crippen LogP contribution in [0.15, 0.2) is 36.5 Å². The fourth-order valence-electron chi connectivity index (χ4n) is 3.84. The molecule has 26 heavy (non-hydrogen) atoms. The number of piperazine rings is 1. The Bertz CT molecular complexity index is 925. The molecule has 1 saturated heterocycles. The van der Waals surface area contributed by atoms with Gasteiger partial charge in [0.1, 0.15) is 11.3 Å². The maximum Gasteiger partial charge on any atom is 0.150 e. The highest BCUT2D eigenvalue weighted by Gasteiger charge is 2.27. The Balaban J connectivity index is 1.35. The lowest BCUT2D eigenvalue weighted by molar-refractivity contribution is 0.419. The molecule has 0 unspecified atom stereocenters. The minimum Gasteiger partial charge on any atom is -0.494 e. The van der Waals surface area contributed by atoms with Crippen LogP contribution in [-0.4, -0.2) is 48.5 Å². The molecule has 3 heterocycles. The normalized spacial score (nSPS) is 17.7. The van der Waals surface area contributed by atoms with E-state index in [2.05, 4.69) is 43.2 Å². The quantitative estimate of drug-likeness (QED) is 0.784. The molecule has 5 rings (SSSR count). The molecule has 2 fully saturated rings. The molecule has 1 aliphatic heterocycles. The second-order valence-electron chi connectivity index (χ2n) is 7.12. The molecule has 0 spiro atoms. The van der Waals surface area contributed by atoms with Gasteiger partial charge in [0, 0.05) is 61.1 Å². The molecule has 6 nitrogen and oxygen atoms in total. The first-order valence-corrected chi connectivity index (χ1v) is 9.30. The van der Waals surface area contributed by atoms with Crippen LogP contribution in [0.1, 0.15) is 24.5 Å². The standard InChI is InChI=1S/C20H23N5O/c1-26-18-4-2-3-15-17(7-8-21-20(15)18)24-9-11-25(12-10-24)19-13-16(22-23-19)14-5-6-14/h2-4,7-8,13-14H,5-6,9-12H2,1H3,(H,22,23). The molecule has 1 saturated carbocycles. The number of rotatable bonds is 4. The summed E-state index contributed by atoms with van der Waals surface area (Å²) in [5.74, 6) is 2.63. The minimum absolute atomic E-state index is 0.718. The number of hydrogen-bond acceptors (Lipinski definition) is 5. The zero-order valence-corrected chi connectivity index (χ0v) is 15.0. The Morgan fingerprint density at radius 3 is 2.65 bits per heavy atom. The number of methoxy groups -OCH3 is 1. The van der Waals surface area contributed by atoms with E-state index in [1.807, 2.05) is 18.3 Å². The summed E-state index contributed by atoms with van der Waals surface area (Å²) in [4.78, 5) is 9.34. The molecule has 0 amide bonds.